The summed E-state index contributed by atoms with van der Waals surface area (Å²) < 4.78 is 0. The molecule has 0 fully saturated rings. The molecule has 1 aromatic carbocycles. The topological polar surface area (TPSA) is 96.2 Å². The van der Waals surface area contributed by atoms with Crippen LogP contribution >= 0.6 is 22.9 Å². The van der Waals surface area contributed by atoms with E-state index in [-0.39, 0.29) is 5.91 Å². The molecule has 0 bridgehead atoms. The highest BCUT2D eigenvalue weighted by molar-refractivity contribution is 7.16. The summed E-state index contributed by atoms with van der Waals surface area (Å²) in [5, 5.41) is 10.4. The highest BCUT2D eigenvalue weighted by Gasteiger charge is 2.22. The third-order valence-electron chi connectivity index (χ3n) is 3.47. The zero-order valence-electron chi connectivity index (χ0n) is 15.2. The number of amides is 2. The first-order chi connectivity index (χ1) is 12.6. The zero-order valence-corrected chi connectivity index (χ0v) is 16.8. The van der Waals surface area contributed by atoms with Crippen molar-refractivity contribution in [3.8, 4) is 0 Å². The van der Waals surface area contributed by atoms with Crippen molar-refractivity contribution in [2.45, 2.75) is 26.8 Å². The highest BCUT2D eigenvalue weighted by Crippen LogP contribution is 2.34. The van der Waals surface area contributed by atoms with Crippen molar-refractivity contribution in [2.24, 2.45) is 5.73 Å². The van der Waals surface area contributed by atoms with Gasteiger partial charge in [-0.25, -0.2) is 0 Å². The summed E-state index contributed by atoms with van der Waals surface area (Å²) in [6, 6.07) is 6.90. The molecule has 8 heteroatoms. The maximum Gasteiger partial charge on any atom is 0.251 e. The van der Waals surface area contributed by atoms with Crippen LogP contribution in [0.1, 0.15) is 34.6 Å². The standard InChI is InChI=1S/C9H13N3OS.C7H6ClNO.C2H6/c1-11-9-7(8(10)13)5-2-3-12-4-6(5)14-9;8-6-1-3-7(4-2-6)9-5-10;1-2/h11-12H,2-4H2,1H3,(H2,10,13);1-5H,(H,9,10);1-2H3. The van der Waals surface area contributed by atoms with Crippen molar-refractivity contribution in [1.29, 1.82) is 0 Å². The smallest absolute Gasteiger partial charge is 0.251 e. The molecule has 0 aliphatic carbocycles. The number of benzene rings is 1. The Labute approximate surface area is 163 Å². The van der Waals surface area contributed by atoms with Crippen LogP contribution in [0.3, 0.4) is 0 Å². The molecule has 5 N–H and O–H groups in total. The molecule has 2 aromatic rings. The van der Waals surface area contributed by atoms with E-state index in [9.17, 15) is 9.59 Å². The first-order valence-electron chi connectivity index (χ1n) is 8.35. The van der Waals surface area contributed by atoms with Gasteiger partial charge in [-0.2, -0.15) is 0 Å². The maximum absolute atomic E-state index is 11.3. The van der Waals surface area contributed by atoms with Gasteiger partial charge in [0, 0.05) is 29.2 Å². The summed E-state index contributed by atoms with van der Waals surface area (Å²) in [6.07, 6.45) is 1.52. The number of nitrogens with two attached hydrogens (primary N) is 1. The number of thiophene rings is 1. The zero-order chi connectivity index (χ0) is 19.5. The van der Waals surface area contributed by atoms with Gasteiger partial charge in [0.05, 0.1) is 5.56 Å². The Bertz CT molecular complexity index is 717. The quantitative estimate of drug-likeness (QED) is 0.595. The Hall–Kier alpha value is -2.09. The first-order valence-corrected chi connectivity index (χ1v) is 9.54. The summed E-state index contributed by atoms with van der Waals surface area (Å²) in [5.41, 5.74) is 7.93. The van der Waals surface area contributed by atoms with Crippen molar-refractivity contribution in [2.75, 3.05) is 24.2 Å². The number of primary amides is 1. The van der Waals surface area contributed by atoms with Gasteiger partial charge in [-0.05, 0) is 42.8 Å². The van der Waals surface area contributed by atoms with E-state index in [1.54, 1.807) is 35.6 Å². The number of carbonyl (C=O) groups is 2. The van der Waals surface area contributed by atoms with Gasteiger partial charge < -0.3 is 21.7 Å². The van der Waals surface area contributed by atoms with Crippen LogP contribution in [0.15, 0.2) is 24.3 Å². The molecule has 1 aliphatic heterocycles. The van der Waals surface area contributed by atoms with E-state index in [2.05, 4.69) is 16.0 Å². The maximum atomic E-state index is 11.3. The fourth-order valence-electron chi connectivity index (χ4n) is 2.39. The predicted octanol–water partition coefficient (Wildman–Crippen LogP) is 3.47. The van der Waals surface area contributed by atoms with E-state index in [0.717, 1.165) is 35.8 Å². The molecule has 3 rings (SSSR count). The average Bonchev–Trinajstić information content (AvgIpc) is 3.05. The van der Waals surface area contributed by atoms with Crippen molar-refractivity contribution in [1.82, 2.24) is 5.32 Å². The molecule has 2 amide bonds. The molecule has 0 atom stereocenters. The molecule has 1 aromatic heterocycles. The van der Waals surface area contributed by atoms with Gasteiger partial charge in [0.15, 0.2) is 0 Å². The molecule has 0 radical (unpaired) electrons. The first kappa shape index (κ1) is 22.0. The van der Waals surface area contributed by atoms with Gasteiger partial charge in [0.25, 0.3) is 5.91 Å². The summed E-state index contributed by atoms with van der Waals surface area (Å²) in [7, 11) is 1.82. The van der Waals surface area contributed by atoms with E-state index >= 15 is 0 Å². The van der Waals surface area contributed by atoms with Crippen LogP contribution in [0.5, 0.6) is 0 Å². The van der Waals surface area contributed by atoms with Crippen LogP contribution < -0.4 is 21.7 Å². The molecule has 2 heterocycles. The molecule has 6 nitrogen and oxygen atoms in total. The SMILES string of the molecule is CC.CNc1sc2c(c1C(N)=O)CCNC2.O=CNc1ccc(Cl)cc1. The average molecular weight is 397 g/mol. The number of anilines is 2. The van der Waals surface area contributed by atoms with Crippen molar-refractivity contribution >= 4 is 45.9 Å². The van der Waals surface area contributed by atoms with Crippen LogP contribution in [0.25, 0.3) is 0 Å². The third kappa shape index (κ3) is 6.01. The molecule has 26 heavy (non-hydrogen) atoms. The van der Waals surface area contributed by atoms with Crippen molar-refractivity contribution < 1.29 is 9.59 Å². The lowest BCUT2D eigenvalue weighted by Crippen LogP contribution is -2.24. The number of hydrogen-bond donors (Lipinski definition) is 4. The van der Waals surface area contributed by atoms with Gasteiger partial charge in [-0.3, -0.25) is 9.59 Å². The third-order valence-corrected chi connectivity index (χ3v) is 4.97. The molecule has 0 unspecified atom stereocenters. The Morgan fingerprint density at radius 2 is 1.96 bits per heavy atom. The molecular formula is C18H25ClN4O2S. The second-order valence-corrected chi connectivity index (χ2v) is 6.56. The van der Waals surface area contributed by atoms with Crippen LogP contribution in [-0.2, 0) is 17.8 Å². The number of fused-ring (bicyclic) bond motifs is 1. The van der Waals surface area contributed by atoms with Gasteiger partial charge in [0.2, 0.25) is 6.41 Å². The Morgan fingerprint density at radius 3 is 2.50 bits per heavy atom. The van der Waals surface area contributed by atoms with E-state index in [1.807, 2.05) is 20.9 Å². The highest BCUT2D eigenvalue weighted by atomic mass is 35.5. The number of rotatable bonds is 4. The Balaban J connectivity index is 0.000000249. The summed E-state index contributed by atoms with van der Waals surface area (Å²) in [6.45, 7) is 5.77. The minimum Gasteiger partial charge on any atom is -0.379 e. The molecule has 0 saturated carbocycles. The number of nitrogens with one attached hydrogen (secondary N) is 3. The van der Waals surface area contributed by atoms with Gasteiger partial charge in [0.1, 0.15) is 5.00 Å². The lowest BCUT2D eigenvalue weighted by molar-refractivity contribution is -0.105. The molecular weight excluding hydrogens is 372 g/mol. The minimum atomic E-state index is -0.325. The number of halogens is 1. The van der Waals surface area contributed by atoms with E-state index < -0.39 is 0 Å². The van der Waals surface area contributed by atoms with Crippen LogP contribution in [0.2, 0.25) is 5.02 Å². The van der Waals surface area contributed by atoms with E-state index in [4.69, 9.17) is 17.3 Å². The molecule has 0 spiro atoms. The van der Waals surface area contributed by atoms with Gasteiger partial charge in [-0.15, -0.1) is 11.3 Å². The normalized spacial score (nSPS) is 11.7. The number of carbonyl (C=O) groups excluding carboxylic acids is 2. The van der Waals surface area contributed by atoms with Gasteiger partial charge >= 0.3 is 0 Å². The van der Waals surface area contributed by atoms with Crippen LogP contribution in [0.4, 0.5) is 10.7 Å². The monoisotopic (exact) mass is 396 g/mol. The second-order valence-electron chi connectivity index (χ2n) is 5.02. The second kappa shape index (κ2) is 11.5. The lowest BCUT2D eigenvalue weighted by atomic mass is 10.0. The molecule has 1 aliphatic rings. The fourth-order valence-corrected chi connectivity index (χ4v) is 3.69. The molecule has 0 saturated heterocycles. The molecule has 142 valence electrons. The number of hydrogen-bond acceptors (Lipinski definition) is 5. The summed E-state index contributed by atoms with van der Waals surface area (Å²) in [4.78, 5) is 22.4. The summed E-state index contributed by atoms with van der Waals surface area (Å²) >= 11 is 7.21. The predicted molar refractivity (Wildman–Crippen MR) is 110 cm³/mol. The Kier molecular flexibility index (Phi) is 9.72. The van der Waals surface area contributed by atoms with Gasteiger partial charge in [-0.1, -0.05) is 25.4 Å². The van der Waals surface area contributed by atoms with Crippen LogP contribution in [0, 0.1) is 0 Å². The van der Waals surface area contributed by atoms with Crippen molar-refractivity contribution in [3.05, 3.63) is 45.3 Å². The van der Waals surface area contributed by atoms with E-state index in [1.165, 1.54) is 4.88 Å². The van der Waals surface area contributed by atoms with E-state index in [0.29, 0.717) is 17.0 Å². The largest absolute Gasteiger partial charge is 0.379 e. The lowest BCUT2D eigenvalue weighted by Gasteiger charge is -2.12. The Morgan fingerprint density at radius 1 is 1.31 bits per heavy atom. The van der Waals surface area contributed by atoms with Crippen LogP contribution in [-0.4, -0.2) is 25.9 Å². The minimum absolute atomic E-state index is 0.325. The van der Waals surface area contributed by atoms with Crippen molar-refractivity contribution in [3.63, 3.8) is 0 Å². The fraction of sp³-hybridized carbons (Fsp3) is 0.333. The summed E-state index contributed by atoms with van der Waals surface area (Å²) in [5.74, 6) is -0.325.